The van der Waals surface area contributed by atoms with E-state index < -0.39 is 15.9 Å². The van der Waals surface area contributed by atoms with Crippen LogP contribution in [0, 0.1) is 0 Å². The highest BCUT2D eigenvalue weighted by atomic mass is 32.2. The first-order valence-corrected chi connectivity index (χ1v) is 4.76. The highest BCUT2D eigenvalue weighted by Crippen LogP contribution is 2.20. The van der Waals surface area contributed by atoms with E-state index in [1.807, 2.05) is 4.72 Å². The molecule has 14 heavy (non-hydrogen) atoms. The van der Waals surface area contributed by atoms with Crippen LogP contribution in [-0.2, 0) is 10.0 Å². The van der Waals surface area contributed by atoms with E-state index in [-0.39, 0.29) is 21.4 Å². The molecule has 0 spiro atoms. The maximum atomic E-state index is 11.1. The molecule has 1 amide bonds. The van der Waals surface area contributed by atoms with Gasteiger partial charge in [0.05, 0.1) is 5.56 Å². The zero-order valence-electron chi connectivity index (χ0n) is 6.94. The molecule has 7 heteroatoms. The summed E-state index contributed by atoms with van der Waals surface area (Å²) in [4.78, 5) is 11.1. The molecule has 0 unspecified atom stereocenters. The van der Waals surface area contributed by atoms with Crippen molar-refractivity contribution in [2.75, 3.05) is 0 Å². The molecule has 0 atom stereocenters. The lowest BCUT2D eigenvalue weighted by Crippen LogP contribution is -2.20. The number of hydrogen-bond donors (Lipinski definition) is 1. The number of benzene rings is 1. The Kier molecular flexibility index (Phi) is 3.36. The minimum atomic E-state index is -3.55. The van der Waals surface area contributed by atoms with E-state index in [1.54, 1.807) is 12.1 Å². The smallest absolute Gasteiger partial charge is 0.266 e. The van der Waals surface area contributed by atoms with Crippen LogP contribution in [0.25, 0.3) is 0 Å². The molecule has 1 aromatic rings. The Morgan fingerprint density at radius 1 is 1.07 bits per heavy atom. The Hall–Kier alpha value is -1.44. The first-order valence-electron chi connectivity index (χ1n) is 3.27. The highest BCUT2D eigenvalue weighted by Gasteiger charge is 2.31. The molecule has 0 saturated carbocycles. The number of sulfonamides is 1. The summed E-state index contributed by atoms with van der Waals surface area (Å²) in [5, 5.41) is 0. The van der Waals surface area contributed by atoms with Gasteiger partial charge in [0.1, 0.15) is 4.90 Å². The molecular formula is C7H9NO5S. The van der Waals surface area contributed by atoms with E-state index in [0.717, 1.165) is 0 Å². The molecule has 0 saturated heterocycles. The summed E-state index contributed by atoms with van der Waals surface area (Å²) in [5.41, 5.74) is 0.220. The van der Waals surface area contributed by atoms with Gasteiger partial charge in [-0.2, -0.15) is 0 Å². The summed E-state index contributed by atoms with van der Waals surface area (Å²) in [5.74, 6) is -0.550. The van der Waals surface area contributed by atoms with Gasteiger partial charge in [0, 0.05) is 0 Å². The molecule has 0 fully saturated rings. The molecule has 0 radical (unpaired) electrons. The Labute approximate surface area is 80.2 Å². The third-order valence-electron chi connectivity index (χ3n) is 1.65. The van der Waals surface area contributed by atoms with Gasteiger partial charge >= 0.3 is 0 Å². The Morgan fingerprint density at radius 3 is 2.21 bits per heavy atom. The average molecular weight is 219 g/mol. The van der Waals surface area contributed by atoms with Crippen LogP contribution in [0.4, 0.5) is 0 Å². The third-order valence-corrected chi connectivity index (χ3v) is 3.04. The molecule has 6 nitrogen and oxygen atoms in total. The Balaban J connectivity index is 0.000000845. The number of carbonyl (C=O) groups is 1. The lowest BCUT2D eigenvalue weighted by molar-refractivity contribution is 0.0985. The first kappa shape index (κ1) is 12.6. The molecule has 1 heterocycles. The molecule has 1 aliphatic heterocycles. The van der Waals surface area contributed by atoms with Gasteiger partial charge in [0.25, 0.3) is 15.9 Å². The first-order chi connectivity index (χ1) is 5.61. The van der Waals surface area contributed by atoms with E-state index in [2.05, 4.69) is 0 Å². The van der Waals surface area contributed by atoms with E-state index in [0.29, 0.717) is 0 Å². The second-order valence-corrected chi connectivity index (χ2v) is 4.08. The van der Waals surface area contributed by atoms with Crippen molar-refractivity contribution in [2.45, 2.75) is 4.90 Å². The van der Waals surface area contributed by atoms with E-state index in [1.165, 1.54) is 12.1 Å². The van der Waals surface area contributed by atoms with Gasteiger partial charge in [-0.3, -0.25) is 4.79 Å². The van der Waals surface area contributed by atoms with Crippen molar-refractivity contribution >= 4 is 15.9 Å². The zero-order valence-corrected chi connectivity index (χ0v) is 7.76. The van der Waals surface area contributed by atoms with Crippen molar-refractivity contribution in [2.24, 2.45) is 0 Å². The van der Waals surface area contributed by atoms with Crippen molar-refractivity contribution < 1.29 is 24.2 Å². The maximum Gasteiger partial charge on any atom is 0.266 e. The fourth-order valence-corrected chi connectivity index (χ4v) is 2.29. The van der Waals surface area contributed by atoms with Crippen LogP contribution in [0.2, 0.25) is 0 Å². The quantitative estimate of drug-likeness (QED) is 0.568. The summed E-state index contributed by atoms with van der Waals surface area (Å²) < 4.78 is 24.2. The summed E-state index contributed by atoms with van der Waals surface area (Å²) in [6.45, 7) is 0. The largest absolute Gasteiger partial charge is 0.412 e. The normalized spacial score (nSPS) is 15.9. The monoisotopic (exact) mass is 219 g/mol. The van der Waals surface area contributed by atoms with Gasteiger partial charge in [-0.1, -0.05) is 12.1 Å². The molecule has 0 bridgehead atoms. The minimum Gasteiger partial charge on any atom is -0.412 e. The SMILES string of the molecule is O.O.O=C1NS(=O)(=O)c2ccccc21. The van der Waals surface area contributed by atoms with Gasteiger partial charge in [-0.05, 0) is 12.1 Å². The number of carbonyl (C=O) groups excluding carboxylic acids is 1. The lowest BCUT2D eigenvalue weighted by Gasteiger charge is -1.91. The molecule has 1 aliphatic rings. The molecule has 5 N–H and O–H groups in total. The fraction of sp³-hybridized carbons (Fsp3) is 0. The Morgan fingerprint density at radius 2 is 1.64 bits per heavy atom. The summed E-state index contributed by atoms with van der Waals surface area (Å²) in [7, 11) is -3.55. The second-order valence-electron chi connectivity index (χ2n) is 2.43. The number of rotatable bonds is 0. The topological polar surface area (TPSA) is 126 Å². The summed E-state index contributed by atoms with van der Waals surface area (Å²) in [6, 6.07) is 6.09. The molecule has 78 valence electrons. The Bertz CT molecular complexity index is 453. The van der Waals surface area contributed by atoms with Gasteiger partial charge in [-0.25, -0.2) is 13.1 Å². The van der Waals surface area contributed by atoms with Gasteiger partial charge in [0.2, 0.25) is 0 Å². The second kappa shape index (κ2) is 3.74. The van der Waals surface area contributed by atoms with Gasteiger partial charge in [0.15, 0.2) is 0 Å². The fourth-order valence-electron chi connectivity index (χ4n) is 1.12. The number of hydrogen-bond acceptors (Lipinski definition) is 3. The number of amides is 1. The van der Waals surface area contributed by atoms with Gasteiger partial charge in [-0.15, -0.1) is 0 Å². The van der Waals surface area contributed by atoms with E-state index in [4.69, 9.17) is 0 Å². The maximum absolute atomic E-state index is 11.1. The van der Waals surface area contributed by atoms with Crippen LogP contribution >= 0.6 is 0 Å². The van der Waals surface area contributed by atoms with Crippen LogP contribution in [-0.4, -0.2) is 25.3 Å². The van der Waals surface area contributed by atoms with Crippen LogP contribution in [0.15, 0.2) is 29.2 Å². The predicted molar refractivity (Wildman–Crippen MR) is 48.3 cm³/mol. The molecule has 1 aromatic carbocycles. The molecule has 0 aromatic heterocycles. The average Bonchev–Trinajstić information content (AvgIpc) is 2.25. The van der Waals surface area contributed by atoms with Crippen LogP contribution in [0.5, 0.6) is 0 Å². The number of fused-ring (bicyclic) bond motifs is 1. The highest BCUT2D eigenvalue weighted by molar-refractivity contribution is 7.90. The van der Waals surface area contributed by atoms with Crippen LogP contribution in [0.1, 0.15) is 10.4 Å². The predicted octanol–water partition coefficient (Wildman–Crippen LogP) is -1.53. The lowest BCUT2D eigenvalue weighted by atomic mass is 10.2. The minimum absolute atomic E-state index is 0. The molecular weight excluding hydrogens is 210 g/mol. The summed E-state index contributed by atoms with van der Waals surface area (Å²) >= 11 is 0. The van der Waals surface area contributed by atoms with Crippen molar-refractivity contribution in [1.29, 1.82) is 0 Å². The molecule has 2 rings (SSSR count). The van der Waals surface area contributed by atoms with Crippen molar-refractivity contribution in [3.63, 3.8) is 0 Å². The van der Waals surface area contributed by atoms with Crippen LogP contribution < -0.4 is 4.72 Å². The standard InChI is InChI=1S/C7H5NO3S.2H2O/c9-7-5-3-1-2-4-6(5)12(10,11)8-7;;/h1-4H,(H,8,9);2*1H2. The van der Waals surface area contributed by atoms with E-state index in [9.17, 15) is 13.2 Å². The summed E-state index contributed by atoms with van der Waals surface area (Å²) in [6.07, 6.45) is 0. The van der Waals surface area contributed by atoms with Crippen LogP contribution in [0.3, 0.4) is 0 Å². The van der Waals surface area contributed by atoms with Crippen molar-refractivity contribution in [1.82, 2.24) is 4.72 Å². The van der Waals surface area contributed by atoms with Crippen molar-refractivity contribution in [3.05, 3.63) is 29.8 Å². The van der Waals surface area contributed by atoms with Crippen molar-refractivity contribution in [3.8, 4) is 0 Å². The van der Waals surface area contributed by atoms with Gasteiger partial charge < -0.3 is 11.0 Å². The van der Waals surface area contributed by atoms with E-state index >= 15 is 0 Å². The number of nitrogens with one attached hydrogen (secondary N) is 1. The zero-order chi connectivity index (χ0) is 8.77. The molecule has 0 aliphatic carbocycles. The third kappa shape index (κ3) is 1.60.